The van der Waals surface area contributed by atoms with Crippen LogP contribution < -0.4 is 0 Å². The van der Waals surface area contributed by atoms with Crippen LogP contribution >= 0.6 is 0 Å². The van der Waals surface area contributed by atoms with Gasteiger partial charge in [-0.15, -0.1) is 0 Å². The molecule has 0 rings (SSSR count). The summed E-state index contributed by atoms with van der Waals surface area (Å²) in [6.07, 6.45) is 17.7. The van der Waals surface area contributed by atoms with E-state index in [1.807, 2.05) is 43.4 Å². The Morgan fingerprint density at radius 3 is 2.22 bits per heavy atom. The van der Waals surface area contributed by atoms with Crippen molar-refractivity contribution in [1.29, 1.82) is 0 Å². The number of aliphatic carboxylic acids is 1. The Bertz CT molecular complexity index is 557. The van der Waals surface area contributed by atoms with Crippen molar-refractivity contribution < 1.29 is 24.6 Å². The molecule has 0 bridgehead atoms. The van der Waals surface area contributed by atoms with Crippen molar-refractivity contribution in [3.63, 3.8) is 0 Å². The lowest BCUT2D eigenvalue weighted by Crippen LogP contribution is -2.21. The highest BCUT2D eigenvalue weighted by atomic mass is 16.4. The molecule has 5 nitrogen and oxygen atoms in total. The van der Waals surface area contributed by atoms with E-state index in [0.29, 0.717) is 25.7 Å². The van der Waals surface area contributed by atoms with Gasteiger partial charge in [-0.2, -0.15) is 0 Å². The molecule has 0 aliphatic carbocycles. The molecular weight excluding hydrogens is 344 g/mol. The van der Waals surface area contributed by atoms with Crippen molar-refractivity contribution in [3.8, 4) is 0 Å². The van der Waals surface area contributed by atoms with Gasteiger partial charge in [0, 0.05) is 18.3 Å². The number of carbonyl (C=O) groups is 3. The molecule has 0 heterocycles. The largest absolute Gasteiger partial charge is 0.481 e. The molecule has 2 N–H and O–H groups in total. The first-order valence-corrected chi connectivity index (χ1v) is 9.41. The number of rotatable bonds is 15. The molecule has 0 aromatic heterocycles. The maximum absolute atomic E-state index is 11.9. The summed E-state index contributed by atoms with van der Waals surface area (Å²) < 4.78 is 0. The summed E-state index contributed by atoms with van der Waals surface area (Å²) in [5.41, 5.74) is 0. The van der Waals surface area contributed by atoms with Crippen molar-refractivity contribution in [1.82, 2.24) is 0 Å². The molecule has 0 aliphatic heterocycles. The van der Waals surface area contributed by atoms with E-state index in [2.05, 4.69) is 0 Å². The zero-order chi connectivity index (χ0) is 20.5. The van der Waals surface area contributed by atoms with Gasteiger partial charge in [-0.3, -0.25) is 9.59 Å². The number of carbonyl (C=O) groups excluding carboxylic acids is 2. The van der Waals surface area contributed by atoms with E-state index < -0.39 is 23.9 Å². The van der Waals surface area contributed by atoms with E-state index in [0.717, 1.165) is 12.7 Å². The number of aliphatic hydroxyl groups is 1. The minimum Gasteiger partial charge on any atom is -0.481 e. The van der Waals surface area contributed by atoms with Gasteiger partial charge >= 0.3 is 5.97 Å². The van der Waals surface area contributed by atoms with E-state index in [1.54, 1.807) is 12.2 Å². The Balaban J connectivity index is 4.57. The highest BCUT2D eigenvalue weighted by Crippen LogP contribution is 2.18. The van der Waals surface area contributed by atoms with Crippen LogP contribution in [0.3, 0.4) is 0 Å². The molecule has 3 atom stereocenters. The molecule has 0 saturated carbocycles. The Kier molecular flexibility index (Phi) is 14.6. The van der Waals surface area contributed by atoms with Gasteiger partial charge in [0.2, 0.25) is 0 Å². The van der Waals surface area contributed by atoms with Gasteiger partial charge in [0.05, 0.1) is 6.10 Å². The minimum atomic E-state index is -0.821. The van der Waals surface area contributed by atoms with Crippen molar-refractivity contribution in [2.24, 2.45) is 11.8 Å². The standard InChI is InChI=1S/C22H32O5/c1-3-4-9-13-20(25)15-16-21(18(2)24)19(17-23)12-10-7-5-6-8-11-14-22(26)27/h4,6-10,15-17,19-21,25H,3,5,11-14H2,1-2H3,(H,26,27)/b8-6-,9-4-,10-7-,16-15+/t19-,20-,21+/m0/s1. The lowest BCUT2D eigenvalue weighted by molar-refractivity contribution is -0.136. The van der Waals surface area contributed by atoms with E-state index in [9.17, 15) is 19.5 Å². The first-order valence-electron chi connectivity index (χ1n) is 9.41. The lowest BCUT2D eigenvalue weighted by atomic mass is 9.87. The fourth-order valence-electron chi connectivity index (χ4n) is 2.44. The quantitative estimate of drug-likeness (QED) is 0.332. The van der Waals surface area contributed by atoms with Gasteiger partial charge in [-0.1, -0.05) is 55.5 Å². The monoisotopic (exact) mass is 376 g/mol. The molecule has 0 aromatic carbocycles. The van der Waals surface area contributed by atoms with Gasteiger partial charge in [-0.05, 0) is 39.0 Å². The zero-order valence-corrected chi connectivity index (χ0v) is 16.3. The number of Topliss-reactive ketones (excluding diaryl/α,β-unsaturated/α-hetero) is 1. The van der Waals surface area contributed by atoms with Gasteiger partial charge in [0.25, 0.3) is 0 Å². The number of hydrogen-bond donors (Lipinski definition) is 2. The Labute approximate surface area is 162 Å². The van der Waals surface area contributed by atoms with Crippen LogP contribution in [0.25, 0.3) is 0 Å². The summed E-state index contributed by atoms with van der Waals surface area (Å²) in [5, 5.41) is 18.5. The summed E-state index contributed by atoms with van der Waals surface area (Å²) in [6, 6.07) is 0. The fraction of sp³-hybridized carbons (Fsp3) is 0.500. The molecule has 0 saturated heterocycles. The van der Waals surface area contributed by atoms with Crippen LogP contribution in [0.5, 0.6) is 0 Å². The van der Waals surface area contributed by atoms with Crippen LogP contribution in [0.15, 0.2) is 48.6 Å². The van der Waals surface area contributed by atoms with Crippen LogP contribution in [-0.2, 0) is 14.4 Å². The Hall–Kier alpha value is -2.27. The molecule has 0 unspecified atom stereocenters. The molecule has 0 aliphatic rings. The van der Waals surface area contributed by atoms with Crippen molar-refractivity contribution in [2.45, 2.75) is 58.5 Å². The number of hydrogen-bond acceptors (Lipinski definition) is 4. The van der Waals surface area contributed by atoms with E-state index in [4.69, 9.17) is 5.11 Å². The number of aliphatic hydroxyl groups excluding tert-OH is 1. The predicted molar refractivity (Wildman–Crippen MR) is 107 cm³/mol. The van der Waals surface area contributed by atoms with Gasteiger partial charge in [-0.25, -0.2) is 0 Å². The maximum atomic E-state index is 11.9. The van der Waals surface area contributed by atoms with Gasteiger partial charge < -0.3 is 15.0 Å². The number of allylic oxidation sites excluding steroid dienone is 6. The van der Waals surface area contributed by atoms with E-state index >= 15 is 0 Å². The average Bonchev–Trinajstić information content (AvgIpc) is 2.61. The summed E-state index contributed by atoms with van der Waals surface area (Å²) in [4.78, 5) is 33.7. The third-order valence-electron chi connectivity index (χ3n) is 3.96. The van der Waals surface area contributed by atoms with Crippen LogP contribution in [0.1, 0.15) is 52.4 Å². The van der Waals surface area contributed by atoms with Crippen LogP contribution in [0.2, 0.25) is 0 Å². The third-order valence-corrected chi connectivity index (χ3v) is 3.96. The minimum absolute atomic E-state index is 0.110. The molecule has 0 fully saturated rings. The van der Waals surface area contributed by atoms with Crippen LogP contribution in [0.4, 0.5) is 0 Å². The molecule has 5 heteroatoms. The molecular formula is C22H32O5. The average molecular weight is 376 g/mol. The summed E-state index contributed by atoms with van der Waals surface area (Å²) in [5.74, 6) is -1.95. The van der Waals surface area contributed by atoms with Crippen molar-refractivity contribution in [2.75, 3.05) is 0 Å². The van der Waals surface area contributed by atoms with E-state index in [1.165, 1.54) is 6.92 Å². The van der Waals surface area contributed by atoms with E-state index in [-0.39, 0.29) is 12.2 Å². The molecule has 0 radical (unpaired) electrons. The Morgan fingerprint density at radius 1 is 0.963 bits per heavy atom. The second kappa shape index (κ2) is 15.9. The highest BCUT2D eigenvalue weighted by molar-refractivity contribution is 5.83. The highest BCUT2D eigenvalue weighted by Gasteiger charge is 2.21. The second-order valence-corrected chi connectivity index (χ2v) is 6.35. The zero-order valence-electron chi connectivity index (χ0n) is 16.3. The summed E-state index contributed by atoms with van der Waals surface area (Å²) >= 11 is 0. The van der Waals surface area contributed by atoms with Crippen molar-refractivity contribution >= 4 is 18.0 Å². The summed E-state index contributed by atoms with van der Waals surface area (Å²) in [7, 11) is 0. The first kappa shape index (κ1) is 24.7. The van der Waals surface area contributed by atoms with Gasteiger partial charge in [0.15, 0.2) is 0 Å². The first-order chi connectivity index (χ1) is 12.9. The van der Waals surface area contributed by atoms with Crippen LogP contribution in [0, 0.1) is 11.8 Å². The van der Waals surface area contributed by atoms with Crippen molar-refractivity contribution in [3.05, 3.63) is 48.6 Å². The van der Waals surface area contributed by atoms with Gasteiger partial charge in [0.1, 0.15) is 12.1 Å². The molecule has 150 valence electrons. The Morgan fingerprint density at radius 2 is 1.63 bits per heavy atom. The molecule has 0 amide bonds. The molecule has 0 spiro atoms. The predicted octanol–water partition coefficient (Wildman–Crippen LogP) is 4.04. The molecule has 0 aromatic rings. The maximum Gasteiger partial charge on any atom is 0.303 e. The third kappa shape index (κ3) is 13.6. The fourth-order valence-corrected chi connectivity index (χ4v) is 2.44. The lowest BCUT2D eigenvalue weighted by Gasteiger charge is -2.16. The number of carboxylic acids is 1. The topological polar surface area (TPSA) is 91.7 Å². The summed E-state index contributed by atoms with van der Waals surface area (Å²) in [6.45, 7) is 3.46. The smallest absolute Gasteiger partial charge is 0.303 e. The SMILES string of the molecule is CC/C=C\C[C@H](O)/C=C/[C@H](C(C)=O)[C@H](C=O)C/C=C\C/C=C\CCC(=O)O. The number of ketones is 1. The number of carboxylic acid groups (broad SMARTS) is 1. The van der Waals surface area contributed by atoms with Crippen LogP contribution in [-0.4, -0.2) is 34.4 Å². The number of aldehydes is 1. The second-order valence-electron chi connectivity index (χ2n) is 6.35. The normalized spacial score (nSPS) is 15.7. The molecule has 27 heavy (non-hydrogen) atoms.